The van der Waals surface area contributed by atoms with Crippen molar-refractivity contribution in [2.45, 2.75) is 25.9 Å². The smallest absolute Gasteiger partial charge is 0.191 e. The highest BCUT2D eigenvalue weighted by Gasteiger charge is 2.07. The molecule has 2 rings (SSSR count). The zero-order valence-electron chi connectivity index (χ0n) is 14.8. The minimum Gasteiger partial charge on any atom is -0.489 e. The zero-order valence-corrected chi connectivity index (χ0v) is 17.1. The average Bonchev–Trinajstić information content (AvgIpc) is 2.59. The number of hydrogen-bond donors (Lipinski definition) is 2. The molecule has 1 unspecified atom stereocenters. The molecule has 0 spiro atoms. The molecule has 0 radical (unpaired) electrons. The van der Waals surface area contributed by atoms with Crippen molar-refractivity contribution in [2.24, 2.45) is 4.99 Å². The summed E-state index contributed by atoms with van der Waals surface area (Å²) in [6, 6.07) is 6.16. The highest BCUT2D eigenvalue weighted by Crippen LogP contribution is 2.13. The number of halogens is 2. The monoisotopic (exact) mass is 463 g/mol. The summed E-state index contributed by atoms with van der Waals surface area (Å²) in [5.74, 6) is 0.962. The van der Waals surface area contributed by atoms with Crippen molar-refractivity contribution >= 4 is 29.9 Å². The first-order valence-corrected chi connectivity index (χ1v) is 8.30. The minimum absolute atomic E-state index is 0. The molecule has 1 aromatic rings. The molecule has 0 fully saturated rings. The van der Waals surface area contributed by atoms with Crippen molar-refractivity contribution in [1.82, 2.24) is 10.6 Å². The van der Waals surface area contributed by atoms with E-state index in [1.54, 1.807) is 19.2 Å². The molecule has 1 heterocycles. The molecular formula is C18H27FIN3O2. The highest BCUT2D eigenvalue weighted by atomic mass is 127. The lowest BCUT2D eigenvalue weighted by molar-refractivity contribution is 0.153. The maximum atomic E-state index is 13.1. The molecule has 0 aliphatic carbocycles. The van der Waals surface area contributed by atoms with Crippen LogP contribution in [0.25, 0.3) is 0 Å². The number of guanidine groups is 1. The fourth-order valence-electron chi connectivity index (χ4n) is 2.41. The summed E-state index contributed by atoms with van der Waals surface area (Å²) in [6.45, 7) is 4.86. The van der Waals surface area contributed by atoms with Crippen LogP contribution in [-0.4, -0.2) is 45.4 Å². The zero-order chi connectivity index (χ0) is 17.2. The Morgan fingerprint density at radius 2 is 2.24 bits per heavy atom. The van der Waals surface area contributed by atoms with Crippen LogP contribution < -0.4 is 15.4 Å². The van der Waals surface area contributed by atoms with E-state index in [2.05, 4.69) is 21.7 Å². The largest absolute Gasteiger partial charge is 0.489 e. The number of aliphatic imine (C=N–C) groups is 1. The molecule has 0 saturated carbocycles. The molecule has 5 nitrogen and oxygen atoms in total. The minimum atomic E-state index is -0.299. The Morgan fingerprint density at radius 1 is 1.40 bits per heavy atom. The normalized spacial score (nSPS) is 15.6. The molecule has 25 heavy (non-hydrogen) atoms. The first-order valence-electron chi connectivity index (χ1n) is 8.30. The molecule has 140 valence electrons. The van der Waals surface area contributed by atoms with Gasteiger partial charge in [-0.3, -0.25) is 4.99 Å². The van der Waals surface area contributed by atoms with Crippen LogP contribution in [0.4, 0.5) is 4.39 Å². The van der Waals surface area contributed by atoms with Gasteiger partial charge < -0.3 is 20.1 Å². The SMILES string of the molecule is CN=C(NCCC1=CCOCC1)NCC(C)Oc1cccc(F)c1.I. The average molecular weight is 463 g/mol. The van der Waals surface area contributed by atoms with Gasteiger partial charge in [-0.1, -0.05) is 17.7 Å². The molecule has 0 aromatic heterocycles. The number of hydrogen-bond acceptors (Lipinski definition) is 3. The second kappa shape index (κ2) is 12.1. The van der Waals surface area contributed by atoms with Gasteiger partial charge in [0, 0.05) is 19.7 Å². The predicted octanol–water partition coefficient (Wildman–Crippen LogP) is 3.11. The molecule has 1 aliphatic rings. The Hall–Kier alpha value is -1.35. The Bertz CT molecular complexity index is 581. The van der Waals surface area contributed by atoms with Crippen molar-refractivity contribution in [1.29, 1.82) is 0 Å². The molecule has 2 N–H and O–H groups in total. The Morgan fingerprint density at radius 3 is 2.92 bits per heavy atom. The van der Waals surface area contributed by atoms with E-state index in [-0.39, 0.29) is 35.9 Å². The molecule has 7 heteroatoms. The van der Waals surface area contributed by atoms with Gasteiger partial charge in [-0.25, -0.2) is 4.39 Å². The number of ether oxygens (including phenoxy) is 2. The second-order valence-corrected chi connectivity index (χ2v) is 5.70. The van der Waals surface area contributed by atoms with Gasteiger partial charge in [0.1, 0.15) is 17.7 Å². The van der Waals surface area contributed by atoms with Crippen LogP contribution in [0, 0.1) is 5.82 Å². The van der Waals surface area contributed by atoms with E-state index in [9.17, 15) is 4.39 Å². The lowest BCUT2D eigenvalue weighted by Gasteiger charge is -2.18. The third kappa shape index (κ3) is 8.53. The van der Waals surface area contributed by atoms with Crippen molar-refractivity contribution in [3.05, 3.63) is 41.7 Å². The van der Waals surface area contributed by atoms with Gasteiger partial charge in [0.25, 0.3) is 0 Å². The summed E-state index contributed by atoms with van der Waals surface area (Å²) >= 11 is 0. The summed E-state index contributed by atoms with van der Waals surface area (Å²) in [5.41, 5.74) is 1.42. The molecule has 1 aliphatic heterocycles. The lowest BCUT2D eigenvalue weighted by Crippen LogP contribution is -2.42. The third-order valence-corrected chi connectivity index (χ3v) is 3.71. The molecule has 0 amide bonds. The van der Waals surface area contributed by atoms with Gasteiger partial charge in [-0.2, -0.15) is 0 Å². The summed E-state index contributed by atoms with van der Waals surface area (Å²) in [4.78, 5) is 4.20. The maximum absolute atomic E-state index is 13.1. The Kier molecular flexibility index (Phi) is 10.5. The summed E-state index contributed by atoms with van der Waals surface area (Å²) in [7, 11) is 1.74. The highest BCUT2D eigenvalue weighted by molar-refractivity contribution is 14.0. The van der Waals surface area contributed by atoms with E-state index in [0.29, 0.717) is 12.3 Å². The van der Waals surface area contributed by atoms with Gasteiger partial charge in [0.15, 0.2) is 5.96 Å². The topological polar surface area (TPSA) is 54.9 Å². The molecule has 0 saturated heterocycles. The summed E-state index contributed by atoms with van der Waals surface area (Å²) in [5, 5.41) is 6.50. The van der Waals surface area contributed by atoms with Crippen LogP contribution in [0.3, 0.4) is 0 Å². The van der Waals surface area contributed by atoms with Crippen LogP contribution in [0.1, 0.15) is 19.8 Å². The predicted molar refractivity (Wildman–Crippen MR) is 109 cm³/mol. The number of nitrogens with one attached hydrogen (secondary N) is 2. The van der Waals surface area contributed by atoms with E-state index < -0.39 is 0 Å². The van der Waals surface area contributed by atoms with Gasteiger partial charge in [-0.05, 0) is 31.9 Å². The van der Waals surface area contributed by atoms with Crippen molar-refractivity contribution in [2.75, 3.05) is 33.4 Å². The van der Waals surface area contributed by atoms with Crippen molar-refractivity contribution in [3.63, 3.8) is 0 Å². The van der Waals surface area contributed by atoms with E-state index in [4.69, 9.17) is 9.47 Å². The molecule has 1 atom stereocenters. The van der Waals surface area contributed by atoms with Crippen LogP contribution >= 0.6 is 24.0 Å². The van der Waals surface area contributed by atoms with Crippen LogP contribution in [-0.2, 0) is 4.74 Å². The van der Waals surface area contributed by atoms with Gasteiger partial charge in [-0.15, -0.1) is 24.0 Å². The van der Waals surface area contributed by atoms with Gasteiger partial charge in [0.05, 0.1) is 19.8 Å². The van der Waals surface area contributed by atoms with Gasteiger partial charge in [0.2, 0.25) is 0 Å². The van der Waals surface area contributed by atoms with E-state index >= 15 is 0 Å². The summed E-state index contributed by atoms with van der Waals surface area (Å²) < 4.78 is 24.1. The van der Waals surface area contributed by atoms with E-state index in [1.807, 2.05) is 6.92 Å². The van der Waals surface area contributed by atoms with Crippen LogP contribution in [0.2, 0.25) is 0 Å². The van der Waals surface area contributed by atoms with E-state index in [1.165, 1.54) is 17.7 Å². The number of benzene rings is 1. The maximum Gasteiger partial charge on any atom is 0.191 e. The molecular weight excluding hydrogens is 436 g/mol. The fourth-order valence-corrected chi connectivity index (χ4v) is 2.41. The van der Waals surface area contributed by atoms with Crippen molar-refractivity contribution < 1.29 is 13.9 Å². The molecule has 1 aromatic carbocycles. The van der Waals surface area contributed by atoms with E-state index in [0.717, 1.165) is 38.6 Å². The third-order valence-electron chi connectivity index (χ3n) is 3.71. The fraction of sp³-hybridized carbons (Fsp3) is 0.500. The van der Waals surface area contributed by atoms with Crippen LogP contribution in [0.15, 0.2) is 40.9 Å². The standard InChI is InChI=1S/C18H26FN3O2.HI/c1-14(24-17-5-3-4-16(19)12-17)13-22-18(20-2)21-9-6-15-7-10-23-11-8-15;/h3-5,7,12,14H,6,8-11,13H2,1-2H3,(H2,20,21,22);1H. The summed E-state index contributed by atoms with van der Waals surface area (Å²) in [6.07, 6.45) is 4.03. The van der Waals surface area contributed by atoms with Crippen LogP contribution in [0.5, 0.6) is 5.75 Å². The van der Waals surface area contributed by atoms with Gasteiger partial charge >= 0.3 is 0 Å². The quantitative estimate of drug-likeness (QED) is 0.283. The Labute approximate surface area is 166 Å². The Balaban J connectivity index is 0.00000312. The molecule has 0 bridgehead atoms. The number of rotatable bonds is 7. The van der Waals surface area contributed by atoms with Crippen molar-refractivity contribution in [3.8, 4) is 5.75 Å². The number of nitrogens with zero attached hydrogens (tertiary/aromatic N) is 1. The first kappa shape index (κ1) is 21.7. The lowest BCUT2D eigenvalue weighted by atomic mass is 10.1. The first-order chi connectivity index (χ1) is 11.7. The second-order valence-electron chi connectivity index (χ2n) is 5.70.